The molecule has 5 heteroatoms. The molecular weight excluding hydrogens is 246 g/mol. The Morgan fingerprint density at radius 3 is 2.00 bits per heavy atom. The summed E-state index contributed by atoms with van der Waals surface area (Å²) >= 11 is 0. The molecule has 0 spiro atoms. The quantitative estimate of drug-likeness (QED) is 0.745. The third-order valence-electron chi connectivity index (χ3n) is 3.40. The summed E-state index contributed by atoms with van der Waals surface area (Å²) < 4.78 is 0. The first-order valence-electron chi connectivity index (χ1n) is 6.49. The normalized spacial score (nSPS) is 17.6. The van der Waals surface area contributed by atoms with Gasteiger partial charge < -0.3 is 5.11 Å². The van der Waals surface area contributed by atoms with E-state index in [9.17, 15) is 14.4 Å². The lowest BCUT2D eigenvalue weighted by Gasteiger charge is -2.23. The maximum absolute atomic E-state index is 11.9. The van der Waals surface area contributed by atoms with Crippen LogP contribution in [-0.2, 0) is 14.4 Å². The van der Waals surface area contributed by atoms with Crippen LogP contribution < -0.4 is 0 Å². The summed E-state index contributed by atoms with van der Waals surface area (Å²) in [6.45, 7) is 7.44. The Balaban J connectivity index is 2.78. The molecule has 1 aliphatic heterocycles. The number of carboxylic acid groups (broad SMARTS) is 1. The van der Waals surface area contributed by atoms with Crippen molar-refractivity contribution in [3.05, 3.63) is 11.1 Å². The lowest BCUT2D eigenvalue weighted by Crippen LogP contribution is -2.37. The minimum atomic E-state index is -0.897. The van der Waals surface area contributed by atoms with Gasteiger partial charge >= 0.3 is 5.97 Å². The van der Waals surface area contributed by atoms with Gasteiger partial charge in [-0.25, -0.2) is 0 Å². The van der Waals surface area contributed by atoms with E-state index in [0.29, 0.717) is 23.5 Å². The van der Waals surface area contributed by atoms with Gasteiger partial charge in [0.2, 0.25) is 0 Å². The first kappa shape index (κ1) is 15.4. The zero-order valence-electron chi connectivity index (χ0n) is 11.9. The molecule has 1 heterocycles. The summed E-state index contributed by atoms with van der Waals surface area (Å²) in [5.41, 5.74) is 0.923. The number of aliphatic carboxylic acids is 1. The molecule has 1 N–H and O–H groups in total. The minimum absolute atomic E-state index is 0.0205. The van der Waals surface area contributed by atoms with Crippen molar-refractivity contribution in [2.75, 3.05) is 6.54 Å². The summed E-state index contributed by atoms with van der Waals surface area (Å²) in [7, 11) is 0. The van der Waals surface area contributed by atoms with Crippen LogP contribution in [0.25, 0.3) is 0 Å². The summed E-state index contributed by atoms with van der Waals surface area (Å²) in [5.74, 6) is -1.34. The van der Waals surface area contributed by atoms with Gasteiger partial charge in [0.15, 0.2) is 0 Å². The van der Waals surface area contributed by atoms with Crippen molar-refractivity contribution in [3.63, 3.8) is 0 Å². The third kappa shape index (κ3) is 3.66. The van der Waals surface area contributed by atoms with E-state index < -0.39 is 5.97 Å². The molecule has 0 radical (unpaired) electrons. The van der Waals surface area contributed by atoms with Gasteiger partial charge in [-0.05, 0) is 32.1 Å². The zero-order chi connectivity index (χ0) is 14.7. The van der Waals surface area contributed by atoms with Gasteiger partial charge in [0, 0.05) is 24.1 Å². The number of carbonyl (C=O) groups excluding carboxylic acids is 2. The van der Waals surface area contributed by atoms with Crippen molar-refractivity contribution in [1.29, 1.82) is 0 Å². The number of nitrogens with zero attached hydrogens (tertiary/aromatic N) is 1. The van der Waals surface area contributed by atoms with Crippen LogP contribution in [0.5, 0.6) is 0 Å². The van der Waals surface area contributed by atoms with Crippen molar-refractivity contribution in [2.24, 2.45) is 11.8 Å². The Morgan fingerprint density at radius 2 is 1.63 bits per heavy atom. The molecule has 0 saturated heterocycles. The fourth-order valence-corrected chi connectivity index (χ4v) is 2.38. The van der Waals surface area contributed by atoms with Crippen LogP contribution in [0.3, 0.4) is 0 Å². The van der Waals surface area contributed by atoms with Gasteiger partial charge in [-0.15, -0.1) is 0 Å². The average molecular weight is 267 g/mol. The number of carboxylic acids is 1. The highest BCUT2D eigenvalue weighted by atomic mass is 16.4. The van der Waals surface area contributed by atoms with Gasteiger partial charge in [-0.2, -0.15) is 0 Å². The number of rotatable bonds is 6. The molecule has 2 amide bonds. The second kappa shape index (κ2) is 5.99. The number of hydrogen-bond acceptors (Lipinski definition) is 3. The van der Waals surface area contributed by atoms with Crippen LogP contribution in [-0.4, -0.2) is 34.3 Å². The van der Waals surface area contributed by atoms with Crippen molar-refractivity contribution >= 4 is 17.8 Å². The molecular formula is C14H21NO4. The molecule has 5 nitrogen and oxygen atoms in total. The molecule has 1 unspecified atom stereocenters. The zero-order valence-corrected chi connectivity index (χ0v) is 11.9. The molecule has 1 aliphatic rings. The van der Waals surface area contributed by atoms with Gasteiger partial charge in [-0.1, -0.05) is 13.8 Å². The predicted molar refractivity (Wildman–Crippen MR) is 70.3 cm³/mol. The van der Waals surface area contributed by atoms with E-state index in [-0.39, 0.29) is 30.7 Å². The highest BCUT2D eigenvalue weighted by molar-refractivity contribution is 6.18. The van der Waals surface area contributed by atoms with E-state index in [0.717, 1.165) is 0 Å². The average Bonchev–Trinajstić information content (AvgIpc) is 2.45. The van der Waals surface area contributed by atoms with E-state index >= 15 is 0 Å². The lowest BCUT2D eigenvalue weighted by atomic mass is 9.93. The summed E-state index contributed by atoms with van der Waals surface area (Å²) in [6.07, 6.45) is 0.661. The second-order valence-corrected chi connectivity index (χ2v) is 5.56. The fourth-order valence-electron chi connectivity index (χ4n) is 2.38. The van der Waals surface area contributed by atoms with Crippen molar-refractivity contribution in [2.45, 2.75) is 40.5 Å². The van der Waals surface area contributed by atoms with Crippen molar-refractivity contribution < 1.29 is 19.5 Å². The highest BCUT2D eigenvalue weighted by Gasteiger charge is 2.35. The van der Waals surface area contributed by atoms with Gasteiger partial charge in [-0.3, -0.25) is 19.3 Å². The van der Waals surface area contributed by atoms with Gasteiger partial charge in [0.25, 0.3) is 11.8 Å². The molecule has 106 valence electrons. The topological polar surface area (TPSA) is 74.7 Å². The number of carbonyl (C=O) groups is 3. The Bertz CT molecular complexity index is 413. The van der Waals surface area contributed by atoms with E-state index in [1.165, 1.54) is 4.90 Å². The second-order valence-electron chi connectivity index (χ2n) is 5.56. The van der Waals surface area contributed by atoms with Crippen molar-refractivity contribution in [3.8, 4) is 0 Å². The van der Waals surface area contributed by atoms with E-state index in [4.69, 9.17) is 5.11 Å². The molecule has 0 aromatic carbocycles. The molecule has 0 fully saturated rings. The molecule has 0 saturated carbocycles. The largest absolute Gasteiger partial charge is 0.481 e. The fraction of sp³-hybridized carbons (Fsp3) is 0.643. The Morgan fingerprint density at radius 1 is 1.16 bits per heavy atom. The SMILES string of the molecule is CC1=C(C)C(=O)N(CC(CC(=O)O)CC(C)C)C1=O. The molecule has 0 aromatic rings. The highest BCUT2D eigenvalue weighted by Crippen LogP contribution is 2.24. The third-order valence-corrected chi connectivity index (χ3v) is 3.40. The van der Waals surface area contributed by atoms with Crippen LogP contribution in [0.2, 0.25) is 0 Å². The Kier molecular flexibility index (Phi) is 4.86. The van der Waals surface area contributed by atoms with Crippen LogP contribution >= 0.6 is 0 Å². The van der Waals surface area contributed by atoms with Crippen LogP contribution in [0.4, 0.5) is 0 Å². The summed E-state index contributed by atoms with van der Waals surface area (Å²) in [4.78, 5) is 35.9. The lowest BCUT2D eigenvalue weighted by molar-refractivity contribution is -0.142. The maximum Gasteiger partial charge on any atom is 0.303 e. The van der Waals surface area contributed by atoms with Crippen LogP contribution in [0, 0.1) is 11.8 Å². The first-order chi connectivity index (χ1) is 8.73. The predicted octanol–water partition coefficient (Wildman–Crippen LogP) is 1.83. The van der Waals surface area contributed by atoms with E-state index in [2.05, 4.69) is 0 Å². The molecule has 1 rings (SSSR count). The Labute approximate surface area is 113 Å². The molecule has 0 aliphatic carbocycles. The monoisotopic (exact) mass is 267 g/mol. The molecule has 1 atom stereocenters. The number of amides is 2. The summed E-state index contributed by atoms with van der Waals surface area (Å²) in [6, 6.07) is 0. The van der Waals surface area contributed by atoms with Gasteiger partial charge in [0.05, 0.1) is 0 Å². The molecule has 0 aromatic heterocycles. The number of imide groups is 1. The summed E-state index contributed by atoms with van der Waals surface area (Å²) in [5, 5.41) is 8.91. The number of hydrogen-bond donors (Lipinski definition) is 1. The molecule has 0 bridgehead atoms. The van der Waals surface area contributed by atoms with Crippen LogP contribution in [0.1, 0.15) is 40.5 Å². The van der Waals surface area contributed by atoms with Crippen molar-refractivity contribution in [1.82, 2.24) is 4.90 Å². The van der Waals surface area contributed by atoms with E-state index in [1.807, 2.05) is 13.8 Å². The maximum atomic E-state index is 11.9. The molecule has 19 heavy (non-hydrogen) atoms. The van der Waals surface area contributed by atoms with E-state index in [1.54, 1.807) is 13.8 Å². The Hall–Kier alpha value is -1.65. The smallest absolute Gasteiger partial charge is 0.303 e. The minimum Gasteiger partial charge on any atom is -0.481 e. The standard InChI is InChI=1S/C14H21NO4/c1-8(2)5-11(6-12(16)17)7-15-13(18)9(3)10(4)14(15)19/h8,11H,5-7H2,1-4H3,(H,16,17). The van der Waals surface area contributed by atoms with Crippen LogP contribution in [0.15, 0.2) is 11.1 Å². The first-order valence-corrected chi connectivity index (χ1v) is 6.49. The van der Waals surface area contributed by atoms with Gasteiger partial charge in [0.1, 0.15) is 0 Å².